The molecule has 1 atom stereocenters. The van der Waals surface area contributed by atoms with Crippen LogP contribution in [0.5, 0.6) is 11.5 Å². The molecule has 0 fully saturated rings. The second kappa shape index (κ2) is 7.52. The summed E-state index contributed by atoms with van der Waals surface area (Å²) in [6.45, 7) is 0.404. The van der Waals surface area contributed by atoms with E-state index in [1.807, 2.05) is 36.4 Å². The molecule has 28 heavy (non-hydrogen) atoms. The van der Waals surface area contributed by atoms with Crippen molar-refractivity contribution in [1.82, 2.24) is 4.98 Å². The van der Waals surface area contributed by atoms with Gasteiger partial charge in [-0.15, -0.1) is 0 Å². The molecule has 0 aliphatic carbocycles. The van der Waals surface area contributed by atoms with Gasteiger partial charge in [0, 0.05) is 7.05 Å². The minimum Gasteiger partial charge on any atom is -0.487 e. The Hall–Kier alpha value is -3.67. The van der Waals surface area contributed by atoms with Crippen LogP contribution in [-0.4, -0.2) is 29.8 Å². The fourth-order valence-corrected chi connectivity index (χ4v) is 2.96. The van der Waals surface area contributed by atoms with E-state index >= 15 is 0 Å². The molecule has 0 spiro atoms. The van der Waals surface area contributed by atoms with Crippen LogP contribution in [0.4, 0.5) is 5.69 Å². The molecule has 0 saturated carbocycles. The molecule has 3 aromatic rings. The molecule has 2 heterocycles. The number of aromatic nitrogens is 1. The van der Waals surface area contributed by atoms with Gasteiger partial charge in [0.2, 0.25) is 11.9 Å². The number of carbonyl (C=O) groups is 2. The van der Waals surface area contributed by atoms with E-state index in [4.69, 9.17) is 9.47 Å². The first-order chi connectivity index (χ1) is 13.6. The third kappa shape index (κ3) is 3.44. The summed E-state index contributed by atoms with van der Waals surface area (Å²) in [5.41, 5.74) is 1.82. The average Bonchev–Trinajstić information content (AvgIpc) is 2.75. The minimum absolute atomic E-state index is 0.151. The average molecular weight is 374 g/mol. The number of fused-ring (bicyclic) bond motifs is 1. The zero-order valence-electron chi connectivity index (χ0n) is 15.2. The number of hydrogen-bond acceptors (Lipinski definition) is 5. The first-order valence-corrected chi connectivity index (χ1v) is 8.84. The number of anilines is 1. The van der Waals surface area contributed by atoms with Gasteiger partial charge in [-0.2, -0.15) is 0 Å². The molecule has 0 saturated heterocycles. The van der Waals surface area contributed by atoms with Gasteiger partial charge in [-0.25, -0.2) is 4.98 Å². The number of carbonyl (C=O) groups excluding carboxylic acids is 2. The lowest BCUT2D eigenvalue weighted by molar-refractivity contribution is -0.124. The fourth-order valence-electron chi connectivity index (χ4n) is 2.96. The van der Waals surface area contributed by atoms with Crippen molar-refractivity contribution in [3.63, 3.8) is 0 Å². The smallest absolute Gasteiger partial charge is 0.276 e. The third-order valence-electron chi connectivity index (χ3n) is 4.50. The second-order valence-electron chi connectivity index (χ2n) is 6.38. The van der Waals surface area contributed by atoms with Crippen molar-refractivity contribution in [1.29, 1.82) is 0 Å². The van der Waals surface area contributed by atoms with E-state index in [1.165, 1.54) is 11.1 Å². The van der Waals surface area contributed by atoms with Crippen LogP contribution in [0.25, 0.3) is 0 Å². The van der Waals surface area contributed by atoms with Crippen LogP contribution in [-0.2, 0) is 11.4 Å². The first-order valence-electron chi connectivity index (χ1n) is 8.84. The molecule has 2 aromatic carbocycles. The first kappa shape index (κ1) is 17.7. The predicted octanol–water partition coefficient (Wildman–Crippen LogP) is 3.27. The molecule has 0 N–H and O–H groups in total. The molecule has 1 aromatic heterocycles. The molecule has 4 rings (SSSR count). The summed E-state index contributed by atoms with van der Waals surface area (Å²) < 4.78 is 11.3. The molecular formula is C22H18N2O4. The Labute approximate surface area is 162 Å². The van der Waals surface area contributed by atoms with Gasteiger partial charge in [-0.05, 0) is 29.8 Å². The Morgan fingerprint density at radius 2 is 1.82 bits per heavy atom. The fraction of sp³-hybridized carbons (Fsp3) is 0.136. The largest absolute Gasteiger partial charge is 0.487 e. The summed E-state index contributed by atoms with van der Waals surface area (Å²) >= 11 is 0. The lowest BCUT2D eigenvalue weighted by Crippen LogP contribution is -2.48. The molecule has 0 radical (unpaired) electrons. The quantitative estimate of drug-likeness (QED) is 0.506. The summed E-state index contributed by atoms with van der Waals surface area (Å²) in [6, 6.07) is 20.0. The minimum atomic E-state index is -1.25. The lowest BCUT2D eigenvalue weighted by atomic mass is 10.1. The summed E-state index contributed by atoms with van der Waals surface area (Å²) in [7, 11) is 1.62. The van der Waals surface area contributed by atoms with Crippen LogP contribution < -0.4 is 14.4 Å². The van der Waals surface area contributed by atoms with E-state index in [9.17, 15) is 9.59 Å². The van der Waals surface area contributed by atoms with Gasteiger partial charge in [0.15, 0.2) is 0 Å². The zero-order chi connectivity index (χ0) is 19.5. The maximum atomic E-state index is 12.8. The van der Waals surface area contributed by atoms with E-state index in [0.717, 1.165) is 5.56 Å². The lowest BCUT2D eigenvalue weighted by Gasteiger charge is -2.30. The molecule has 6 heteroatoms. The second-order valence-corrected chi connectivity index (χ2v) is 6.38. The zero-order valence-corrected chi connectivity index (χ0v) is 15.2. The van der Waals surface area contributed by atoms with E-state index in [-0.39, 0.29) is 5.69 Å². The predicted molar refractivity (Wildman–Crippen MR) is 104 cm³/mol. The SMILES string of the molecule is CN1C(=O)C(C(=O)c2ccc(OCc3ccccc3)cn2)Oc2ccccc21. The van der Waals surface area contributed by atoms with E-state index in [1.54, 1.807) is 37.4 Å². The van der Waals surface area contributed by atoms with Crippen molar-refractivity contribution >= 4 is 17.4 Å². The highest BCUT2D eigenvalue weighted by Crippen LogP contribution is 2.33. The Morgan fingerprint density at radius 1 is 1.07 bits per heavy atom. The monoisotopic (exact) mass is 374 g/mol. The van der Waals surface area contributed by atoms with Crippen LogP contribution >= 0.6 is 0 Å². The molecule has 1 aliphatic heterocycles. The van der Waals surface area contributed by atoms with Gasteiger partial charge < -0.3 is 14.4 Å². The van der Waals surface area contributed by atoms with Gasteiger partial charge in [-0.1, -0.05) is 42.5 Å². The van der Waals surface area contributed by atoms with Gasteiger partial charge in [0.25, 0.3) is 5.91 Å². The van der Waals surface area contributed by atoms with Crippen LogP contribution in [0.3, 0.4) is 0 Å². The number of amides is 1. The number of hydrogen-bond donors (Lipinski definition) is 0. The topological polar surface area (TPSA) is 68.7 Å². The van der Waals surface area contributed by atoms with Crippen molar-refractivity contribution in [3.8, 4) is 11.5 Å². The van der Waals surface area contributed by atoms with Crippen molar-refractivity contribution in [2.45, 2.75) is 12.7 Å². The number of pyridine rings is 1. The van der Waals surface area contributed by atoms with Gasteiger partial charge in [-0.3, -0.25) is 9.59 Å². The van der Waals surface area contributed by atoms with Crippen molar-refractivity contribution in [2.24, 2.45) is 0 Å². The molecule has 1 unspecified atom stereocenters. The maximum Gasteiger partial charge on any atom is 0.276 e. The van der Waals surface area contributed by atoms with Gasteiger partial charge in [0.05, 0.1) is 11.9 Å². The summed E-state index contributed by atoms with van der Waals surface area (Å²) in [5, 5.41) is 0. The number of nitrogens with zero attached hydrogens (tertiary/aromatic N) is 2. The highest BCUT2D eigenvalue weighted by Gasteiger charge is 2.38. The van der Waals surface area contributed by atoms with Crippen molar-refractivity contribution in [2.75, 3.05) is 11.9 Å². The molecule has 140 valence electrons. The molecule has 1 amide bonds. The van der Waals surface area contributed by atoms with Crippen LogP contribution in [0.15, 0.2) is 72.9 Å². The number of rotatable bonds is 5. The molecule has 1 aliphatic rings. The van der Waals surface area contributed by atoms with Crippen LogP contribution in [0.1, 0.15) is 16.1 Å². The van der Waals surface area contributed by atoms with Crippen molar-refractivity contribution in [3.05, 3.63) is 84.2 Å². The Morgan fingerprint density at radius 3 is 2.57 bits per heavy atom. The molecule has 6 nitrogen and oxygen atoms in total. The maximum absolute atomic E-state index is 12.8. The van der Waals surface area contributed by atoms with E-state index in [0.29, 0.717) is 23.8 Å². The number of para-hydroxylation sites is 2. The highest BCUT2D eigenvalue weighted by molar-refractivity contribution is 6.17. The Bertz CT molecular complexity index is 1000. The summed E-state index contributed by atoms with van der Waals surface area (Å²) in [4.78, 5) is 30.9. The third-order valence-corrected chi connectivity index (χ3v) is 4.50. The molecular weight excluding hydrogens is 356 g/mol. The standard InChI is InChI=1S/C22H18N2O4/c1-24-18-9-5-6-10-19(18)28-21(22(24)26)20(25)17-12-11-16(13-23-17)27-14-15-7-3-2-4-8-15/h2-13,21H,14H2,1H3. The van der Waals surface area contributed by atoms with E-state index in [2.05, 4.69) is 4.98 Å². The normalized spacial score (nSPS) is 15.5. The highest BCUT2D eigenvalue weighted by atomic mass is 16.5. The van der Waals surface area contributed by atoms with E-state index < -0.39 is 17.8 Å². The number of likely N-dealkylation sites (N-methyl/N-ethyl adjacent to an activating group) is 1. The molecule has 0 bridgehead atoms. The van der Waals surface area contributed by atoms with Crippen LogP contribution in [0, 0.1) is 0 Å². The Kier molecular flexibility index (Phi) is 4.76. The summed E-state index contributed by atoms with van der Waals surface area (Å²) in [5.74, 6) is 0.125. The van der Waals surface area contributed by atoms with Gasteiger partial charge >= 0.3 is 0 Å². The summed E-state index contributed by atoms with van der Waals surface area (Å²) in [6.07, 6.45) is 0.227. The van der Waals surface area contributed by atoms with Crippen LogP contribution in [0.2, 0.25) is 0 Å². The number of ketones is 1. The van der Waals surface area contributed by atoms with Gasteiger partial charge in [0.1, 0.15) is 23.8 Å². The van der Waals surface area contributed by atoms with Crippen molar-refractivity contribution < 1.29 is 19.1 Å². The number of ether oxygens (including phenoxy) is 2. The number of Topliss-reactive ketones (excluding diaryl/α,β-unsaturated/α-hetero) is 1. The number of benzene rings is 2. The Balaban J connectivity index is 1.47.